The van der Waals surface area contributed by atoms with Gasteiger partial charge >= 0.3 is 0 Å². The minimum atomic E-state index is 0.322. The summed E-state index contributed by atoms with van der Waals surface area (Å²) in [6.45, 7) is 0. The number of aromatic hydroxyl groups is 1. The average Bonchev–Trinajstić information content (AvgIpc) is 3.45. The molecule has 2 aromatic rings. The lowest BCUT2D eigenvalue weighted by molar-refractivity contribution is 0.239. The normalized spacial score (nSPS) is 27.3. The van der Waals surface area contributed by atoms with Gasteiger partial charge in [0, 0.05) is 11.8 Å². The topological polar surface area (TPSA) is 41.5 Å². The third-order valence-electron chi connectivity index (χ3n) is 5.63. The standard InChI is InChI=1S/C10H12.C8H7NO.C6H6O/c1-2-9-7-4-5-8(6-7)10(9)3-1;1-2-4-8-7(3-1)5-6-9-10-8;7-6-4-2-1-3-5-6/h1-2,4-5,7-10H,3,6H2;1-6,9H;1-5,7H. The monoisotopic (exact) mass is 359 g/mol. The molecule has 0 aromatic heterocycles. The van der Waals surface area contributed by atoms with E-state index < -0.39 is 0 Å². The van der Waals surface area contributed by atoms with Gasteiger partial charge in [-0.2, -0.15) is 0 Å². The molecule has 4 atom stereocenters. The molecule has 1 fully saturated rings. The van der Waals surface area contributed by atoms with E-state index in [1.807, 2.05) is 36.4 Å². The molecule has 3 aliphatic carbocycles. The molecule has 2 aromatic carbocycles. The lowest BCUT2D eigenvalue weighted by Gasteiger charge is -2.18. The summed E-state index contributed by atoms with van der Waals surface area (Å²) in [6, 6.07) is 16.6. The Hall–Kier alpha value is -2.94. The van der Waals surface area contributed by atoms with Gasteiger partial charge in [-0.15, -0.1) is 0 Å². The number of rotatable bonds is 0. The van der Waals surface area contributed by atoms with Crippen LogP contribution in [-0.4, -0.2) is 5.11 Å². The highest BCUT2D eigenvalue weighted by atomic mass is 16.6. The molecule has 4 aliphatic rings. The van der Waals surface area contributed by atoms with Gasteiger partial charge in [0.05, 0.1) is 0 Å². The van der Waals surface area contributed by atoms with Crippen LogP contribution in [0.25, 0.3) is 6.08 Å². The molecular formula is C24H25NO2. The van der Waals surface area contributed by atoms with Crippen LogP contribution in [-0.2, 0) is 0 Å². The largest absolute Gasteiger partial charge is 0.508 e. The Kier molecular flexibility index (Phi) is 5.29. The maximum Gasteiger partial charge on any atom is 0.162 e. The van der Waals surface area contributed by atoms with Crippen LogP contribution in [0.3, 0.4) is 0 Å². The Morgan fingerprint density at radius 3 is 2.41 bits per heavy atom. The molecule has 0 spiro atoms. The fourth-order valence-electron chi connectivity index (χ4n) is 4.33. The van der Waals surface area contributed by atoms with E-state index in [-0.39, 0.29) is 0 Å². The van der Waals surface area contributed by atoms with Crippen molar-refractivity contribution in [1.82, 2.24) is 5.48 Å². The summed E-state index contributed by atoms with van der Waals surface area (Å²) in [5, 5.41) is 8.63. The second kappa shape index (κ2) is 8.17. The Balaban J connectivity index is 0.000000102. The maximum absolute atomic E-state index is 8.63. The molecule has 2 bridgehead atoms. The molecule has 6 rings (SSSR count). The second-order valence-corrected chi connectivity index (χ2v) is 7.28. The van der Waals surface area contributed by atoms with E-state index in [1.54, 1.807) is 30.5 Å². The first-order chi connectivity index (χ1) is 13.3. The zero-order chi connectivity index (χ0) is 18.5. The first-order valence-corrected chi connectivity index (χ1v) is 9.58. The van der Waals surface area contributed by atoms with Crippen molar-refractivity contribution >= 4 is 6.08 Å². The third kappa shape index (κ3) is 4.08. The fourth-order valence-corrected chi connectivity index (χ4v) is 4.33. The molecule has 138 valence electrons. The van der Waals surface area contributed by atoms with Crippen molar-refractivity contribution in [3.05, 3.63) is 90.7 Å². The number of phenolic OH excluding ortho intramolecular Hbond substituents is 1. The van der Waals surface area contributed by atoms with Crippen LogP contribution in [0.5, 0.6) is 11.5 Å². The van der Waals surface area contributed by atoms with Gasteiger partial charge in [0.15, 0.2) is 5.75 Å². The molecule has 27 heavy (non-hydrogen) atoms. The molecule has 1 heterocycles. The zero-order valence-corrected chi connectivity index (χ0v) is 15.2. The molecule has 1 aliphatic heterocycles. The van der Waals surface area contributed by atoms with Crippen molar-refractivity contribution in [3.63, 3.8) is 0 Å². The number of para-hydroxylation sites is 2. The van der Waals surface area contributed by atoms with E-state index in [2.05, 4.69) is 29.8 Å². The summed E-state index contributed by atoms with van der Waals surface area (Å²) in [5.74, 6) is 5.02. The van der Waals surface area contributed by atoms with Crippen LogP contribution in [0.15, 0.2) is 85.1 Å². The molecule has 3 heteroatoms. The Morgan fingerprint density at radius 2 is 1.67 bits per heavy atom. The van der Waals surface area contributed by atoms with Gasteiger partial charge in [-0.25, -0.2) is 5.48 Å². The highest BCUT2D eigenvalue weighted by Gasteiger charge is 2.44. The van der Waals surface area contributed by atoms with Gasteiger partial charge in [0.25, 0.3) is 0 Å². The number of benzene rings is 2. The first-order valence-electron chi connectivity index (χ1n) is 9.58. The van der Waals surface area contributed by atoms with Gasteiger partial charge in [0.2, 0.25) is 0 Å². The average molecular weight is 359 g/mol. The van der Waals surface area contributed by atoms with Gasteiger partial charge in [-0.3, -0.25) is 0 Å². The predicted octanol–water partition coefficient (Wildman–Crippen LogP) is 5.33. The zero-order valence-electron chi connectivity index (χ0n) is 15.2. The number of hydroxylamine groups is 1. The summed E-state index contributed by atoms with van der Waals surface area (Å²) in [7, 11) is 0. The Labute approximate surface area is 160 Å². The number of hydrogen-bond acceptors (Lipinski definition) is 3. The van der Waals surface area contributed by atoms with Crippen molar-refractivity contribution in [3.8, 4) is 11.5 Å². The van der Waals surface area contributed by atoms with Gasteiger partial charge in [-0.1, -0.05) is 60.7 Å². The highest BCUT2D eigenvalue weighted by molar-refractivity contribution is 5.57. The second-order valence-electron chi connectivity index (χ2n) is 7.28. The molecule has 4 unspecified atom stereocenters. The Bertz CT molecular complexity index is 840. The van der Waals surface area contributed by atoms with Crippen molar-refractivity contribution < 1.29 is 9.94 Å². The quantitative estimate of drug-likeness (QED) is 0.625. The van der Waals surface area contributed by atoms with Gasteiger partial charge in [0.1, 0.15) is 5.75 Å². The van der Waals surface area contributed by atoms with E-state index in [0.717, 1.165) is 35.0 Å². The van der Waals surface area contributed by atoms with Crippen molar-refractivity contribution in [2.24, 2.45) is 23.7 Å². The summed E-state index contributed by atoms with van der Waals surface area (Å²) < 4.78 is 0. The molecule has 1 saturated carbocycles. The summed E-state index contributed by atoms with van der Waals surface area (Å²) in [4.78, 5) is 5.09. The lowest BCUT2D eigenvalue weighted by atomic mass is 9.86. The Morgan fingerprint density at radius 1 is 0.889 bits per heavy atom. The van der Waals surface area contributed by atoms with Crippen LogP contribution < -0.4 is 10.3 Å². The fraction of sp³-hybridized carbons (Fsp3) is 0.250. The maximum atomic E-state index is 8.63. The summed E-state index contributed by atoms with van der Waals surface area (Å²) in [6.07, 6.45) is 16.2. The predicted molar refractivity (Wildman–Crippen MR) is 109 cm³/mol. The highest BCUT2D eigenvalue weighted by Crippen LogP contribution is 2.52. The lowest BCUT2D eigenvalue weighted by Crippen LogP contribution is -2.13. The van der Waals surface area contributed by atoms with Crippen LogP contribution in [0.1, 0.15) is 18.4 Å². The van der Waals surface area contributed by atoms with Crippen LogP contribution in [0.2, 0.25) is 0 Å². The minimum absolute atomic E-state index is 0.322. The minimum Gasteiger partial charge on any atom is -0.508 e. The van der Waals surface area contributed by atoms with Crippen LogP contribution in [0, 0.1) is 23.7 Å². The van der Waals surface area contributed by atoms with Crippen LogP contribution in [0.4, 0.5) is 0 Å². The third-order valence-corrected chi connectivity index (χ3v) is 5.63. The van der Waals surface area contributed by atoms with Crippen molar-refractivity contribution in [2.45, 2.75) is 12.8 Å². The molecule has 0 saturated heterocycles. The number of fused-ring (bicyclic) bond motifs is 6. The molecule has 0 radical (unpaired) electrons. The summed E-state index contributed by atoms with van der Waals surface area (Å²) >= 11 is 0. The SMILES string of the molecule is C1=CC2C3C=CC(C3)C2C1.C1=Cc2ccccc2ON1.Oc1ccccc1. The molecule has 3 nitrogen and oxygen atoms in total. The van der Waals surface area contributed by atoms with E-state index in [0.29, 0.717) is 5.75 Å². The first kappa shape index (κ1) is 17.5. The molecule has 0 amide bonds. The van der Waals surface area contributed by atoms with Gasteiger partial charge < -0.3 is 9.94 Å². The van der Waals surface area contributed by atoms with E-state index in [9.17, 15) is 0 Å². The smallest absolute Gasteiger partial charge is 0.162 e. The van der Waals surface area contributed by atoms with E-state index in [1.165, 1.54) is 12.8 Å². The number of allylic oxidation sites excluding steroid dienone is 4. The number of nitrogens with one attached hydrogen (secondary N) is 1. The molecule has 2 N–H and O–H groups in total. The summed E-state index contributed by atoms with van der Waals surface area (Å²) in [5.41, 5.74) is 3.77. The van der Waals surface area contributed by atoms with Crippen molar-refractivity contribution in [2.75, 3.05) is 0 Å². The van der Waals surface area contributed by atoms with E-state index >= 15 is 0 Å². The van der Waals surface area contributed by atoms with E-state index in [4.69, 9.17) is 9.94 Å². The van der Waals surface area contributed by atoms with Crippen molar-refractivity contribution in [1.29, 1.82) is 0 Å². The van der Waals surface area contributed by atoms with Crippen LogP contribution >= 0.6 is 0 Å². The van der Waals surface area contributed by atoms with Gasteiger partial charge in [-0.05, 0) is 60.8 Å². The number of phenols is 1. The molecular weight excluding hydrogens is 334 g/mol. The number of hydrogen-bond donors (Lipinski definition) is 2.